The Bertz CT molecular complexity index is 222. The minimum absolute atomic E-state index is 0.554. The van der Waals surface area contributed by atoms with E-state index in [1.54, 1.807) is 0 Å². The summed E-state index contributed by atoms with van der Waals surface area (Å²) in [5.74, 6) is -7.35. The molecule has 0 aliphatic heterocycles. The first kappa shape index (κ1) is 11.1. The molecule has 0 heterocycles. The van der Waals surface area contributed by atoms with Crippen LogP contribution in [0.1, 0.15) is 6.92 Å². The van der Waals surface area contributed by atoms with Gasteiger partial charge in [-0.25, -0.2) is 13.2 Å². The van der Waals surface area contributed by atoms with Crippen LogP contribution in [0.15, 0.2) is 23.6 Å². The summed E-state index contributed by atoms with van der Waals surface area (Å²) in [6.45, 7) is 0.554. The maximum atomic E-state index is 12.1. The van der Waals surface area contributed by atoms with E-state index in [4.69, 9.17) is 0 Å². The van der Waals surface area contributed by atoms with E-state index in [1.165, 1.54) is 0 Å². The van der Waals surface area contributed by atoms with Crippen molar-refractivity contribution >= 4 is 0 Å². The van der Waals surface area contributed by atoms with Crippen LogP contribution in [0.4, 0.5) is 26.3 Å². The van der Waals surface area contributed by atoms with Crippen molar-refractivity contribution in [1.29, 1.82) is 0 Å². The molecule has 1 atom stereocenters. The van der Waals surface area contributed by atoms with Crippen LogP contribution >= 0.6 is 0 Å². The Morgan fingerprint density at radius 3 is 1.58 bits per heavy atom. The number of halogens is 6. The summed E-state index contributed by atoms with van der Waals surface area (Å²) in [6.07, 6.45) is -5.47. The summed E-state index contributed by atoms with van der Waals surface area (Å²) >= 11 is 0. The Hall–Kier alpha value is -0.940. The number of hydrogen-bond donors (Lipinski definition) is 0. The summed E-state index contributed by atoms with van der Waals surface area (Å²) in [5.41, 5.74) is 0. The van der Waals surface area contributed by atoms with Crippen molar-refractivity contribution in [2.45, 2.75) is 13.1 Å². The monoisotopic (exact) mass is 190 g/mol. The first-order valence-corrected chi connectivity index (χ1v) is 2.78. The van der Waals surface area contributed by atoms with Crippen LogP contribution in [-0.4, -0.2) is 6.17 Å². The molecule has 0 saturated carbocycles. The third-order valence-electron chi connectivity index (χ3n) is 0.918. The Labute approximate surface area is 64.2 Å². The highest BCUT2D eigenvalue weighted by Gasteiger charge is 2.20. The molecule has 0 radical (unpaired) electrons. The highest BCUT2D eigenvalue weighted by atomic mass is 19.3. The Morgan fingerprint density at radius 1 is 0.917 bits per heavy atom. The van der Waals surface area contributed by atoms with Gasteiger partial charge < -0.3 is 0 Å². The van der Waals surface area contributed by atoms with Crippen molar-refractivity contribution in [2.24, 2.45) is 0 Å². The third-order valence-corrected chi connectivity index (χ3v) is 0.918. The van der Waals surface area contributed by atoms with E-state index in [0.717, 1.165) is 0 Å². The zero-order valence-corrected chi connectivity index (χ0v) is 5.85. The quantitative estimate of drug-likeness (QED) is 0.461. The van der Waals surface area contributed by atoms with Crippen molar-refractivity contribution in [2.75, 3.05) is 0 Å². The van der Waals surface area contributed by atoms with Crippen molar-refractivity contribution < 1.29 is 26.3 Å². The molecule has 0 N–H and O–H groups in total. The molecule has 70 valence electrons. The number of hydrogen-bond acceptors (Lipinski definition) is 0. The maximum Gasteiger partial charge on any atom is 0.308 e. The van der Waals surface area contributed by atoms with Crippen LogP contribution in [0, 0.1) is 0 Å². The van der Waals surface area contributed by atoms with Crippen molar-refractivity contribution in [3.8, 4) is 0 Å². The highest BCUT2D eigenvalue weighted by Crippen LogP contribution is 2.26. The van der Waals surface area contributed by atoms with Crippen LogP contribution < -0.4 is 0 Å². The topological polar surface area (TPSA) is 0 Å². The summed E-state index contributed by atoms with van der Waals surface area (Å²) in [5, 5.41) is 0. The number of alkyl halides is 1. The summed E-state index contributed by atoms with van der Waals surface area (Å²) in [4.78, 5) is 0. The highest BCUT2D eigenvalue weighted by molar-refractivity contribution is 5.23. The molecule has 12 heavy (non-hydrogen) atoms. The number of allylic oxidation sites excluding steroid dienone is 3. The van der Waals surface area contributed by atoms with Gasteiger partial charge in [-0.1, -0.05) is 0 Å². The molecule has 0 rings (SSSR count). The van der Waals surface area contributed by atoms with Crippen LogP contribution in [0.5, 0.6) is 0 Å². The Morgan fingerprint density at radius 2 is 1.33 bits per heavy atom. The van der Waals surface area contributed by atoms with Gasteiger partial charge in [0.15, 0.2) is 17.8 Å². The van der Waals surface area contributed by atoms with Gasteiger partial charge in [-0.3, -0.25) is 0 Å². The minimum atomic E-state index is -3.02. The second-order valence-electron chi connectivity index (χ2n) is 1.85. The minimum Gasteiger partial charge on any atom is -0.240 e. The lowest BCUT2D eigenvalue weighted by Crippen LogP contribution is -1.96. The van der Waals surface area contributed by atoms with Crippen LogP contribution in [-0.2, 0) is 0 Å². The summed E-state index contributed by atoms with van der Waals surface area (Å²) in [7, 11) is 0. The predicted octanol–water partition coefficient (Wildman–Crippen LogP) is 3.57. The lowest BCUT2D eigenvalue weighted by Gasteiger charge is -1.98. The van der Waals surface area contributed by atoms with Gasteiger partial charge in [-0.2, -0.15) is 13.2 Å². The first-order valence-electron chi connectivity index (χ1n) is 2.78. The van der Waals surface area contributed by atoms with Gasteiger partial charge in [0.25, 0.3) is 0 Å². The molecular weight excluding hydrogens is 186 g/mol. The van der Waals surface area contributed by atoms with Crippen molar-refractivity contribution in [1.82, 2.24) is 0 Å². The third kappa shape index (κ3) is 2.60. The zero-order valence-electron chi connectivity index (χ0n) is 5.85. The lowest BCUT2D eigenvalue weighted by atomic mass is 10.3. The normalized spacial score (nSPS) is 15.2. The summed E-state index contributed by atoms with van der Waals surface area (Å²) in [6, 6.07) is 0. The van der Waals surface area contributed by atoms with E-state index in [2.05, 4.69) is 0 Å². The molecule has 1 unspecified atom stereocenters. The van der Waals surface area contributed by atoms with Crippen LogP contribution in [0.25, 0.3) is 0 Å². The molecule has 0 bridgehead atoms. The SMILES string of the molecule is CC(F)C(F)=C(F)C(F)=C(F)F. The molecule has 0 fully saturated rings. The molecule has 0 aromatic carbocycles. The van der Waals surface area contributed by atoms with Gasteiger partial charge in [0, 0.05) is 0 Å². The molecule has 6 heteroatoms. The van der Waals surface area contributed by atoms with Crippen LogP contribution in [0.2, 0.25) is 0 Å². The van der Waals surface area contributed by atoms with Crippen LogP contribution in [0.3, 0.4) is 0 Å². The number of rotatable bonds is 2. The largest absolute Gasteiger partial charge is 0.308 e. The first-order chi connectivity index (χ1) is 5.37. The molecule has 0 aromatic rings. The molecular formula is C6H4F6. The van der Waals surface area contributed by atoms with Gasteiger partial charge in [0.05, 0.1) is 0 Å². The van der Waals surface area contributed by atoms with Gasteiger partial charge >= 0.3 is 6.08 Å². The van der Waals surface area contributed by atoms with E-state index in [-0.39, 0.29) is 0 Å². The second kappa shape index (κ2) is 4.18. The van der Waals surface area contributed by atoms with E-state index in [1.807, 2.05) is 0 Å². The second-order valence-corrected chi connectivity index (χ2v) is 1.85. The lowest BCUT2D eigenvalue weighted by molar-refractivity contribution is 0.320. The zero-order chi connectivity index (χ0) is 9.89. The van der Waals surface area contributed by atoms with Crippen molar-refractivity contribution in [3.05, 3.63) is 23.6 Å². The van der Waals surface area contributed by atoms with Crippen molar-refractivity contribution in [3.63, 3.8) is 0 Å². The fraction of sp³-hybridized carbons (Fsp3) is 0.333. The Kier molecular flexibility index (Phi) is 3.85. The average Bonchev–Trinajstić information content (AvgIpc) is 2.00. The van der Waals surface area contributed by atoms with Gasteiger partial charge in [0.2, 0.25) is 5.83 Å². The van der Waals surface area contributed by atoms with E-state index in [9.17, 15) is 26.3 Å². The molecule has 0 spiro atoms. The summed E-state index contributed by atoms with van der Waals surface area (Å²) < 4.78 is 70.3. The average molecular weight is 190 g/mol. The fourth-order valence-electron chi connectivity index (χ4n) is 0.362. The molecule has 0 nitrogen and oxygen atoms in total. The van der Waals surface area contributed by atoms with E-state index < -0.39 is 29.7 Å². The van der Waals surface area contributed by atoms with Gasteiger partial charge in [-0.15, -0.1) is 0 Å². The molecule has 0 saturated heterocycles. The molecule has 0 aliphatic carbocycles. The maximum absolute atomic E-state index is 12.1. The standard InChI is InChI=1S/C6H4F6/c1-2(7)3(8)4(9)5(10)6(11)12/h2H,1H3. The van der Waals surface area contributed by atoms with E-state index >= 15 is 0 Å². The fourth-order valence-corrected chi connectivity index (χ4v) is 0.362. The van der Waals surface area contributed by atoms with Gasteiger partial charge in [-0.05, 0) is 6.92 Å². The van der Waals surface area contributed by atoms with Gasteiger partial charge in [0.1, 0.15) is 0 Å². The molecule has 0 aliphatic rings. The predicted molar refractivity (Wildman–Crippen MR) is 30.2 cm³/mol. The molecule has 0 aromatic heterocycles. The van der Waals surface area contributed by atoms with E-state index in [0.29, 0.717) is 6.92 Å². The molecule has 0 amide bonds. The smallest absolute Gasteiger partial charge is 0.240 e. The Balaban J connectivity index is 4.93.